The smallest absolute Gasteiger partial charge is 0.465 e. The maximum Gasteiger partial charge on any atom is 0.474 e. The number of carbonyl (C=O) groups is 2. The van der Waals surface area contributed by atoms with Crippen molar-refractivity contribution in [2.45, 2.75) is 20.3 Å². The van der Waals surface area contributed by atoms with Crippen molar-refractivity contribution in [1.82, 2.24) is 0 Å². The predicted molar refractivity (Wildman–Crippen MR) is 106 cm³/mol. The third kappa shape index (κ3) is 6.55. The van der Waals surface area contributed by atoms with Crippen LogP contribution in [0.25, 0.3) is 0 Å². The van der Waals surface area contributed by atoms with Gasteiger partial charge in [0, 0.05) is 0 Å². The van der Waals surface area contributed by atoms with Crippen LogP contribution in [0.15, 0.2) is 0 Å². The van der Waals surface area contributed by atoms with E-state index < -0.39 is 51.1 Å². The Hall–Kier alpha value is -0.970. The summed E-state index contributed by atoms with van der Waals surface area (Å²) in [4.78, 5) is 24.9. The highest BCUT2D eigenvalue weighted by Gasteiger charge is 2.51. The molecule has 0 aromatic carbocycles. The molecule has 4 aliphatic heterocycles. The van der Waals surface area contributed by atoms with Crippen LogP contribution in [-0.4, -0.2) is 71.6 Å². The second-order valence-corrected chi connectivity index (χ2v) is 10.8. The zero-order valence-electron chi connectivity index (χ0n) is 18.0. The van der Waals surface area contributed by atoms with Crippen molar-refractivity contribution in [3.8, 4) is 0 Å². The highest BCUT2D eigenvalue weighted by molar-refractivity contribution is 7.48. The van der Waals surface area contributed by atoms with Crippen molar-refractivity contribution in [3.63, 3.8) is 0 Å². The molecule has 4 heterocycles. The summed E-state index contributed by atoms with van der Waals surface area (Å²) in [6.45, 7) is 4.30. The summed E-state index contributed by atoms with van der Waals surface area (Å²) in [5, 5.41) is 0. The van der Waals surface area contributed by atoms with Crippen LogP contribution in [0.4, 0.5) is 0 Å². The van der Waals surface area contributed by atoms with Gasteiger partial charge >= 0.3 is 28.4 Å². The molecule has 0 saturated carbocycles. The molecule has 2 bridgehead atoms. The van der Waals surface area contributed by atoms with Crippen molar-refractivity contribution in [2.24, 2.45) is 22.7 Å². The average molecular weight is 498 g/mol. The summed E-state index contributed by atoms with van der Waals surface area (Å²) in [6, 6.07) is 0. The lowest BCUT2D eigenvalue weighted by Crippen LogP contribution is -2.48. The molecule has 2 atom stereocenters. The van der Waals surface area contributed by atoms with Gasteiger partial charge in [0.15, 0.2) is 0 Å². The van der Waals surface area contributed by atoms with Gasteiger partial charge in [-0.05, 0) is 6.42 Å². The Morgan fingerprint density at radius 2 is 1.44 bits per heavy atom. The molecule has 0 spiro atoms. The Kier molecular flexibility index (Phi) is 8.79. The van der Waals surface area contributed by atoms with Crippen LogP contribution >= 0.6 is 16.5 Å². The SMILES string of the molecule is CC(CC(C)C(=O)OCC12COP(=O)(OC1)OC2)C(=O)OCC1(COP=O)COCOC1. The van der Waals surface area contributed by atoms with E-state index in [9.17, 15) is 18.7 Å². The molecule has 4 rings (SSSR count). The van der Waals surface area contributed by atoms with E-state index in [-0.39, 0.29) is 66.1 Å². The first-order chi connectivity index (χ1) is 15.2. The standard InChI is InChI=1S/C18H28O12P2/c1-13(15(19)25-6-17(8-27-31-21)4-23-12-24-5-17)3-14(2)16(20)26-7-18-9-28-32(22,29-10-18)30-11-18/h13-14H,3-12H2,1-2H3. The summed E-state index contributed by atoms with van der Waals surface area (Å²) >= 11 is 0. The van der Waals surface area contributed by atoms with E-state index in [2.05, 4.69) is 0 Å². The van der Waals surface area contributed by atoms with Crippen LogP contribution in [0.1, 0.15) is 20.3 Å². The zero-order valence-corrected chi connectivity index (χ0v) is 19.8. The fourth-order valence-corrected chi connectivity index (χ4v) is 5.30. The molecule has 0 N–H and O–H groups in total. The van der Waals surface area contributed by atoms with E-state index in [0.29, 0.717) is 0 Å². The summed E-state index contributed by atoms with van der Waals surface area (Å²) in [6.07, 6.45) is 0.221. The van der Waals surface area contributed by atoms with Crippen LogP contribution in [-0.2, 0) is 55.8 Å². The number of carbonyl (C=O) groups excluding carboxylic acids is 2. The Morgan fingerprint density at radius 3 is 1.97 bits per heavy atom. The molecule has 2 unspecified atom stereocenters. The van der Waals surface area contributed by atoms with Crippen molar-refractivity contribution >= 4 is 28.4 Å². The molecular formula is C18H28O12P2. The molecule has 0 amide bonds. The molecule has 0 radical (unpaired) electrons. The number of phosphoric ester groups is 1. The topological polar surface area (TPSA) is 142 Å². The minimum Gasteiger partial charge on any atom is -0.465 e. The highest BCUT2D eigenvalue weighted by atomic mass is 31.2. The molecule has 0 aromatic rings. The molecule has 4 fully saturated rings. The van der Waals surface area contributed by atoms with Gasteiger partial charge in [0.1, 0.15) is 20.0 Å². The third-order valence-electron chi connectivity index (χ3n) is 5.55. The van der Waals surface area contributed by atoms with Gasteiger partial charge in [-0.3, -0.25) is 27.7 Å². The molecule has 12 nitrogen and oxygen atoms in total. The van der Waals surface area contributed by atoms with Gasteiger partial charge in [0.05, 0.1) is 62.3 Å². The van der Waals surface area contributed by atoms with Crippen LogP contribution in [0.5, 0.6) is 0 Å². The predicted octanol–water partition coefficient (Wildman–Crippen LogP) is 2.12. The van der Waals surface area contributed by atoms with E-state index in [4.69, 9.17) is 37.0 Å². The first-order valence-electron chi connectivity index (χ1n) is 10.2. The monoisotopic (exact) mass is 498 g/mol. The minimum absolute atomic E-state index is 0.00340. The van der Waals surface area contributed by atoms with Gasteiger partial charge in [-0.2, -0.15) is 0 Å². The van der Waals surface area contributed by atoms with Gasteiger partial charge < -0.3 is 18.9 Å². The minimum atomic E-state index is -3.43. The molecular weight excluding hydrogens is 470 g/mol. The zero-order chi connectivity index (χ0) is 23.2. The van der Waals surface area contributed by atoms with Gasteiger partial charge in [0.25, 0.3) is 0 Å². The van der Waals surface area contributed by atoms with E-state index in [1.807, 2.05) is 0 Å². The molecule has 182 valence electrons. The van der Waals surface area contributed by atoms with Gasteiger partial charge in [-0.15, -0.1) is 0 Å². The molecule has 4 saturated heterocycles. The summed E-state index contributed by atoms with van der Waals surface area (Å²) in [7, 11) is -3.91. The van der Waals surface area contributed by atoms with E-state index in [1.165, 1.54) is 0 Å². The number of phosphoric acid groups is 1. The van der Waals surface area contributed by atoms with Crippen LogP contribution in [0, 0.1) is 22.7 Å². The normalized spacial score (nSPS) is 31.1. The quantitative estimate of drug-likeness (QED) is 0.304. The number of hydrogen-bond acceptors (Lipinski definition) is 12. The third-order valence-corrected chi connectivity index (χ3v) is 7.12. The molecule has 0 aromatic heterocycles. The van der Waals surface area contributed by atoms with Crippen molar-refractivity contribution < 1.29 is 55.8 Å². The average Bonchev–Trinajstić information content (AvgIpc) is 2.81. The first-order valence-corrected chi connectivity index (χ1v) is 12.4. The largest absolute Gasteiger partial charge is 0.474 e. The highest BCUT2D eigenvalue weighted by Crippen LogP contribution is 2.59. The molecule has 0 aliphatic carbocycles. The van der Waals surface area contributed by atoms with Crippen molar-refractivity contribution in [2.75, 3.05) is 59.6 Å². The second-order valence-electron chi connectivity index (χ2n) is 8.68. The van der Waals surface area contributed by atoms with E-state index in [0.717, 1.165) is 0 Å². The van der Waals surface area contributed by atoms with Crippen LogP contribution in [0.3, 0.4) is 0 Å². The van der Waals surface area contributed by atoms with Crippen LogP contribution in [0.2, 0.25) is 0 Å². The molecule has 32 heavy (non-hydrogen) atoms. The van der Waals surface area contributed by atoms with Gasteiger partial charge in [-0.1, -0.05) is 13.8 Å². The van der Waals surface area contributed by atoms with Gasteiger partial charge in [0.2, 0.25) is 0 Å². The molecule has 4 aliphatic rings. The summed E-state index contributed by atoms with van der Waals surface area (Å²) < 4.78 is 63.9. The Morgan fingerprint density at radius 1 is 0.906 bits per heavy atom. The first kappa shape index (κ1) is 25.6. The Balaban J connectivity index is 1.42. The van der Waals surface area contributed by atoms with Crippen molar-refractivity contribution in [1.29, 1.82) is 0 Å². The number of ether oxygens (including phenoxy) is 4. The summed E-state index contributed by atoms with van der Waals surface area (Å²) in [5.74, 6) is -2.10. The van der Waals surface area contributed by atoms with Crippen molar-refractivity contribution in [3.05, 3.63) is 0 Å². The second kappa shape index (κ2) is 11.0. The Labute approximate surface area is 187 Å². The lowest BCUT2D eigenvalue weighted by Gasteiger charge is -2.43. The number of hydrogen-bond donors (Lipinski definition) is 0. The van der Waals surface area contributed by atoms with E-state index in [1.54, 1.807) is 13.8 Å². The Bertz CT molecular complexity index is 706. The maximum absolute atomic E-state index is 12.5. The molecule has 14 heteroatoms. The fraction of sp³-hybridized carbons (Fsp3) is 0.889. The lowest BCUT2D eigenvalue weighted by atomic mass is 9.91. The lowest BCUT2D eigenvalue weighted by molar-refractivity contribution is -0.194. The van der Waals surface area contributed by atoms with E-state index >= 15 is 0 Å². The maximum atomic E-state index is 12.5. The van der Waals surface area contributed by atoms with Gasteiger partial charge in [-0.25, -0.2) is 9.13 Å². The van der Waals surface area contributed by atoms with Crippen LogP contribution < -0.4 is 0 Å². The number of esters is 2. The number of rotatable bonds is 11. The fourth-order valence-electron chi connectivity index (χ4n) is 3.45. The number of fused-ring (bicyclic) bond motifs is 3. The summed E-state index contributed by atoms with van der Waals surface area (Å²) in [5.41, 5.74) is -1.43.